The van der Waals surface area contributed by atoms with Crippen molar-refractivity contribution < 1.29 is 38.5 Å². The zero-order chi connectivity index (χ0) is 15.9. The lowest BCUT2D eigenvalue weighted by Crippen LogP contribution is -2.05. The van der Waals surface area contributed by atoms with Gasteiger partial charge in [-0.2, -0.15) is 15.0 Å². The fourth-order valence-electron chi connectivity index (χ4n) is 0.427. The number of aromatic nitrogens is 3. The van der Waals surface area contributed by atoms with Crippen LogP contribution in [-0.2, 0) is 9.13 Å². The molecule has 0 saturated heterocycles. The molecule has 0 bridgehead atoms. The number of anilines is 3. The first-order valence-corrected chi connectivity index (χ1v) is 6.90. The van der Waals surface area contributed by atoms with Crippen molar-refractivity contribution >= 4 is 33.5 Å². The quantitative estimate of drug-likeness (QED) is 0.207. The highest BCUT2D eigenvalue weighted by atomic mass is 31.2. The summed E-state index contributed by atoms with van der Waals surface area (Å²) in [7, 11) is -9.28. The minimum absolute atomic E-state index is 0. The van der Waals surface area contributed by atoms with Gasteiger partial charge in [-0.3, -0.25) is 0 Å². The number of rotatable bonds is 0. The first-order valence-electron chi connectivity index (χ1n) is 3.77. The summed E-state index contributed by atoms with van der Waals surface area (Å²) in [6, 6.07) is 0. The lowest BCUT2D eigenvalue weighted by Gasteiger charge is -1.93. The third-order valence-electron chi connectivity index (χ3n) is 0.687. The molecule has 0 aliphatic heterocycles. The van der Waals surface area contributed by atoms with Crippen molar-refractivity contribution in [2.75, 3.05) is 17.2 Å². The van der Waals surface area contributed by atoms with Crippen molar-refractivity contribution in [2.24, 2.45) is 0 Å². The maximum atomic E-state index is 8.88. The van der Waals surface area contributed by atoms with E-state index in [1.807, 2.05) is 0 Å². The van der Waals surface area contributed by atoms with Crippen LogP contribution in [0.4, 0.5) is 17.8 Å². The van der Waals surface area contributed by atoms with Crippen LogP contribution >= 0.6 is 15.6 Å². The maximum Gasteiger partial charge on any atom is 0.466 e. The van der Waals surface area contributed by atoms with Crippen LogP contribution in [0.15, 0.2) is 0 Å². The Hall–Kier alpha value is -1.45. The summed E-state index contributed by atoms with van der Waals surface area (Å²) < 4.78 is 17.8. The standard InChI is InChI=1S/C3H6N6.2H3N.2H3O4P/c4-1-7-2(5)9-3(6)8-1;;;2*1-5(2,3)4/h(H6,4,5,6,7,8,9);2*1H3;2*(H3,1,2,3,4). The first-order chi connectivity index (χ1) is 8.18. The Morgan fingerprint density at radius 3 is 0.810 bits per heavy atom. The van der Waals surface area contributed by atoms with Crippen molar-refractivity contribution in [1.29, 1.82) is 0 Å². The highest BCUT2D eigenvalue weighted by molar-refractivity contribution is 7.45. The molecule has 21 heavy (non-hydrogen) atoms. The van der Waals surface area contributed by atoms with Gasteiger partial charge in [-0.1, -0.05) is 0 Å². The molecule has 1 aromatic heterocycles. The van der Waals surface area contributed by atoms with E-state index in [0.29, 0.717) is 0 Å². The SMILES string of the molecule is N.N.Nc1nc(N)nc(N)n1.O=P(O)(O)O.O=P(O)(O)O. The van der Waals surface area contributed by atoms with Crippen LogP contribution in [0.3, 0.4) is 0 Å². The number of nitrogens with zero attached hydrogens (tertiary/aromatic N) is 3. The van der Waals surface area contributed by atoms with Crippen LogP contribution in [0.25, 0.3) is 0 Å². The average molecular weight is 356 g/mol. The molecule has 0 aromatic carbocycles. The van der Waals surface area contributed by atoms with Gasteiger partial charge in [0.05, 0.1) is 0 Å². The minimum Gasteiger partial charge on any atom is -0.368 e. The first kappa shape index (κ1) is 27.8. The van der Waals surface area contributed by atoms with Crippen LogP contribution in [0, 0.1) is 0 Å². The summed E-state index contributed by atoms with van der Waals surface area (Å²) >= 11 is 0. The molecular formula is C3H18N8O8P2. The van der Waals surface area contributed by atoms with E-state index in [1.54, 1.807) is 0 Å². The van der Waals surface area contributed by atoms with E-state index in [1.165, 1.54) is 0 Å². The molecular weight excluding hydrogens is 338 g/mol. The second-order valence-corrected chi connectivity index (χ2v) is 4.49. The predicted molar refractivity (Wildman–Crippen MR) is 71.6 cm³/mol. The van der Waals surface area contributed by atoms with E-state index in [4.69, 9.17) is 55.7 Å². The van der Waals surface area contributed by atoms with E-state index in [0.717, 1.165) is 0 Å². The number of phosphoric acid groups is 2. The van der Waals surface area contributed by atoms with E-state index in [2.05, 4.69) is 15.0 Å². The summed E-state index contributed by atoms with van der Waals surface area (Å²) in [6.45, 7) is 0. The molecule has 0 saturated carbocycles. The van der Waals surface area contributed by atoms with Gasteiger partial charge in [0.2, 0.25) is 17.8 Å². The van der Waals surface area contributed by atoms with E-state index in [-0.39, 0.29) is 30.1 Å². The van der Waals surface area contributed by atoms with Gasteiger partial charge in [-0.25, -0.2) is 9.13 Å². The molecule has 0 aliphatic carbocycles. The Morgan fingerprint density at radius 2 is 0.714 bits per heavy atom. The molecule has 0 spiro atoms. The molecule has 1 rings (SSSR count). The normalized spacial score (nSPS) is 9.62. The second-order valence-electron chi connectivity index (χ2n) is 2.44. The Bertz CT molecular complexity index is 399. The molecule has 1 aromatic rings. The van der Waals surface area contributed by atoms with Crippen LogP contribution in [0.2, 0.25) is 0 Å². The molecule has 18 N–H and O–H groups in total. The van der Waals surface area contributed by atoms with Crippen LogP contribution in [0.1, 0.15) is 0 Å². The molecule has 16 nitrogen and oxygen atoms in total. The summed E-state index contributed by atoms with van der Waals surface area (Å²) in [5, 5.41) is 0. The second kappa shape index (κ2) is 11.2. The Kier molecular flexibility index (Phi) is 14.9. The molecule has 0 amide bonds. The van der Waals surface area contributed by atoms with Crippen LogP contribution in [-0.4, -0.2) is 44.3 Å². The summed E-state index contributed by atoms with van der Waals surface area (Å²) in [5.41, 5.74) is 15.4. The number of nitrogen functional groups attached to an aromatic ring is 3. The fraction of sp³-hybridized carbons (Fsp3) is 0. The van der Waals surface area contributed by atoms with Gasteiger partial charge >= 0.3 is 15.6 Å². The van der Waals surface area contributed by atoms with E-state index in [9.17, 15) is 0 Å². The van der Waals surface area contributed by atoms with Gasteiger partial charge in [0.15, 0.2) is 0 Å². The van der Waals surface area contributed by atoms with Crippen molar-refractivity contribution in [1.82, 2.24) is 27.3 Å². The highest BCUT2D eigenvalue weighted by Gasteiger charge is 2.00. The van der Waals surface area contributed by atoms with Gasteiger partial charge in [-0.05, 0) is 0 Å². The van der Waals surface area contributed by atoms with E-state index >= 15 is 0 Å². The Morgan fingerprint density at radius 1 is 0.619 bits per heavy atom. The lowest BCUT2D eigenvalue weighted by atomic mass is 10.9. The van der Waals surface area contributed by atoms with E-state index < -0.39 is 15.6 Å². The minimum atomic E-state index is -4.64. The molecule has 0 aliphatic rings. The molecule has 0 unspecified atom stereocenters. The summed E-state index contributed by atoms with van der Waals surface area (Å²) in [6.07, 6.45) is 0. The largest absolute Gasteiger partial charge is 0.466 e. The van der Waals surface area contributed by atoms with Gasteiger partial charge < -0.3 is 58.9 Å². The fourth-order valence-corrected chi connectivity index (χ4v) is 0.427. The van der Waals surface area contributed by atoms with Crippen molar-refractivity contribution in [3.05, 3.63) is 0 Å². The molecule has 1 heterocycles. The Balaban J connectivity index is -0.000000106. The Labute approximate surface area is 117 Å². The van der Waals surface area contributed by atoms with Crippen molar-refractivity contribution in [2.45, 2.75) is 0 Å². The smallest absolute Gasteiger partial charge is 0.368 e. The van der Waals surface area contributed by atoms with Gasteiger partial charge in [0.1, 0.15) is 0 Å². The van der Waals surface area contributed by atoms with Crippen LogP contribution < -0.4 is 29.5 Å². The van der Waals surface area contributed by atoms with Crippen molar-refractivity contribution in [3.63, 3.8) is 0 Å². The van der Waals surface area contributed by atoms with Gasteiger partial charge in [-0.15, -0.1) is 0 Å². The molecule has 18 heteroatoms. The number of hydrogen-bond acceptors (Lipinski definition) is 10. The van der Waals surface area contributed by atoms with Gasteiger partial charge in [0, 0.05) is 0 Å². The monoisotopic (exact) mass is 356 g/mol. The summed E-state index contributed by atoms with van der Waals surface area (Å²) in [5.74, 6) is 0.125. The maximum absolute atomic E-state index is 8.88. The predicted octanol–water partition coefficient (Wildman–Crippen LogP) is -2.92. The molecule has 0 radical (unpaired) electrons. The zero-order valence-corrected chi connectivity index (χ0v) is 12.2. The van der Waals surface area contributed by atoms with Gasteiger partial charge in [0.25, 0.3) is 0 Å². The third kappa shape index (κ3) is 45.6. The molecule has 128 valence electrons. The topological polar surface area (TPSA) is 342 Å². The highest BCUT2D eigenvalue weighted by Crippen LogP contribution is 2.26. The number of hydrogen-bond donors (Lipinski definition) is 11. The zero-order valence-electron chi connectivity index (χ0n) is 10.4. The number of nitrogens with two attached hydrogens (primary N) is 3. The average Bonchev–Trinajstić information content (AvgIpc) is 1.91. The third-order valence-corrected chi connectivity index (χ3v) is 0.687. The molecule has 0 fully saturated rings. The van der Waals surface area contributed by atoms with Crippen molar-refractivity contribution in [3.8, 4) is 0 Å². The van der Waals surface area contributed by atoms with Crippen LogP contribution in [0.5, 0.6) is 0 Å². The summed E-state index contributed by atoms with van der Waals surface area (Å²) in [4.78, 5) is 53.6. The lowest BCUT2D eigenvalue weighted by molar-refractivity contribution is 0.272. The molecule has 0 atom stereocenters.